The van der Waals surface area contributed by atoms with Gasteiger partial charge in [0.05, 0.1) is 0 Å². The Morgan fingerprint density at radius 1 is 1.38 bits per heavy atom. The van der Waals surface area contributed by atoms with Crippen molar-refractivity contribution in [2.45, 2.75) is 19.3 Å². The van der Waals surface area contributed by atoms with E-state index in [9.17, 15) is 0 Å². The van der Waals surface area contributed by atoms with Gasteiger partial charge in [0, 0.05) is 32.2 Å². The van der Waals surface area contributed by atoms with Crippen LogP contribution < -0.4 is 5.32 Å². The Balaban J connectivity index is 0.00000400. The molecule has 0 aliphatic heterocycles. The van der Waals surface area contributed by atoms with Crippen molar-refractivity contribution in [2.24, 2.45) is 4.99 Å². The standard InChI is InChI=1S/C16H24ClN3.HI/c1-4-5-6-13-20(3)16(18-2)19-12-11-14-7-9-15(17)10-8-14;/h4,7-10H,1,5-6,11-13H2,2-3H3,(H,18,19);1H. The highest BCUT2D eigenvalue weighted by Crippen LogP contribution is 2.09. The normalized spacial score (nSPS) is 10.7. The third kappa shape index (κ3) is 8.31. The van der Waals surface area contributed by atoms with E-state index >= 15 is 0 Å². The molecule has 0 aromatic heterocycles. The Morgan fingerprint density at radius 3 is 2.62 bits per heavy atom. The van der Waals surface area contributed by atoms with Crippen molar-refractivity contribution in [3.63, 3.8) is 0 Å². The van der Waals surface area contributed by atoms with E-state index in [1.165, 1.54) is 5.56 Å². The first-order valence-electron chi connectivity index (χ1n) is 6.94. The lowest BCUT2D eigenvalue weighted by Crippen LogP contribution is -2.40. The summed E-state index contributed by atoms with van der Waals surface area (Å²) in [6, 6.07) is 7.96. The quantitative estimate of drug-likeness (QED) is 0.237. The number of guanidine groups is 1. The molecule has 1 N–H and O–H groups in total. The van der Waals surface area contributed by atoms with Crippen molar-refractivity contribution >= 4 is 41.5 Å². The minimum Gasteiger partial charge on any atom is -0.356 e. The van der Waals surface area contributed by atoms with E-state index in [4.69, 9.17) is 11.6 Å². The third-order valence-corrected chi connectivity index (χ3v) is 3.34. The zero-order valence-corrected chi connectivity index (χ0v) is 15.9. The molecule has 0 fully saturated rings. The van der Waals surface area contributed by atoms with E-state index in [-0.39, 0.29) is 24.0 Å². The SMILES string of the molecule is C=CCCCN(C)C(=NC)NCCc1ccc(Cl)cc1.I. The number of allylic oxidation sites excluding steroid dienone is 1. The molecule has 0 radical (unpaired) electrons. The van der Waals surface area contributed by atoms with E-state index < -0.39 is 0 Å². The summed E-state index contributed by atoms with van der Waals surface area (Å²) in [5, 5.41) is 4.15. The van der Waals surface area contributed by atoms with Crippen molar-refractivity contribution < 1.29 is 0 Å². The van der Waals surface area contributed by atoms with Gasteiger partial charge in [0.25, 0.3) is 0 Å². The summed E-state index contributed by atoms with van der Waals surface area (Å²) in [5.41, 5.74) is 1.27. The van der Waals surface area contributed by atoms with Crippen LogP contribution in [0.3, 0.4) is 0 Å². The number of hydrogen-bond acceptors (Lipinski definition) is 1. The number of benzene rings is 1. The van der Waals surface area contributed by atoms with Gasteiger partial charge < -0.3 is 10.2 Å². The van der Waals surface area contributed by atoms with Crippen molar-refractivity contribution in [1.29, 1.82) is 0 Å². The molecule has 0 atom stereocenters. The fourth-order valence-electron chi connectivity index (χ4n) is 1.93. The van der Waals surface area contributed by atoms with Gasteiger partial charge in [0.1, 0.15) is 0 Å². The second-order valence-electron chi connectivity index (χ2n) is 4.70. The van der Waals surface area contributed by atoms with Crippen LogP contribution in [0.25, 0.3) is 0 Å². The minimum absolute atomic E-state index is 0. The molecule has 1 rings (SSSR count). The number of hydrogen-bond donors (Lipinski definition) is 1. The maximum absolute atomic E-state index is 5.87. The van der Waals surface area contributed by atoms with Gasteiger partial charge in [-0.05, 0) is 37.0 Å². The van der Waals surface area contributed by atoms with Gasteiger partial charge in [-0.2, -0.15) is 0 Å². The molecule has 0 aliphatic carbocycles. The minimum atomic E-state index is 0. The van der Waals surface area contributed by atoms with Gasteiger partial charge in [-0.15, -0.1) is 30.6 Å². The highest BCUT2D eigenvalue weighted by atomic mass is 127. The number of nitrogens with one attached hydrogen (secondary N) is 1. The van der Waals surface area contributed by atoms with E-state index in [0.29, 0.717) is 0 Å². The molecule has 3 nitrogen and oxygen atoms in total. The fourth-order valence-corrected chi connectivity index (χ4v) is 2.06. The molecule has 5 heteroatoms. The molecular formula is C16H25ClIN3. The van der Waals surface area contributed by atoms with Crippen molar-refractivity contribution in [1.82, 2.24) is 10.2 Å². The molecule has 0 heterocycles. The molecular weight excluding hydrogens is 397 g/mol. The number of aliphatic imine (C=N–C) groups is 1. The number of rotatable bonds is 7. The molecule has 21 heavy (non-hydrogen) atoms. The van der Waals surface area contributed by atoms with Gasteiger partial charge in [0.2, 0.25) is 0 Å². The summed E-state index contributed by atoms with van der Waals surface area (Å²) in [6.45, 7) is 5.58. The van der Waals surface area contributed by atoms with Gasteiger partial charge in [-0.3, -0.25) is 4.99 Å². The van der Waals surface area contributed by atoms with Gasteiger partial charge in [0.15, 0.2) is 5.96 Å². The molecule has 1 aromatic rings. The Bertz CT molecular complexity index is 432. The molecule has 0 spiro atoms. The van der Waals surface area contributed by atoms with Gasteiger partial charge in [-0.1, -0.05) is 29.8 Å². The average molecular weight is 422 g/mol. The van der Waals surface area contributed by atoms with E-state index in [1.807, 2.05) is 25.3 Å². The highest BCUT2D eigenvalue weighted by Gasteiger charge is 2.04. The van der Waals surface area contributed by atoms with E-state index in [2.05, 4.69) is 41.0 Å². The Hall–Kier alpha value is -0.750. The molecule has 0 aliphatic rings. The van der Waals surface area contributed by atoms with Crippen LogP contribution in [0.15, 0.2) is 41.9 Å². The maximum Gasteiger partial charge on any atom is 0.193 e. The number of unbranched alkanes of at least 4 members (excludes halogenated alkanes) is 1. The van der Waals surface area contributed by atoms with Gasteiger partial charge >= 0.3 is 0 Å². The summed E-state index contributed by atoms with van der Waals surface area (Å²) < 4.78 is 0. The first kappa shape index (κ1) is 20.2. The van der Waals surface area contributed by atoms with Crippen LogP contribution in [0, 0.1) is 0 Å². The summed E-state index contributed by atoms with van der Waals surface area (Å²) in [5.74, 6) is 0.933. The third-order valence-electron chi connectivity index (χ3n) is 3.09. The Kier molecular flexibility index (Phi) is 11.4. The van der Waals surface area contributed by atoms with Crippen molar-refractivity contribution in [3.8, 4) is 0 Å². The van der Waals surface area contributed by atoms with Crippen LogP contribution in [-0.2, 0) is 6.42 Å². The van der Waals surface area contributed by atoms with Crippen molar-refractivity contribution in [3.05, 3.63) is 47.5 Å². The molecule has 0 amide bonds. The lowest BCUT2D eigenvalue weighted by molar-refractivity contribution is 0.470. The molecule has 0 unspecified atom stereocenters. The van der Waals surface area contributed by atoms with E-state index in [0.717, 1.165) is 43.3 Å². The lowest BCUT2D eigenvalue weighted by Gasteiger charge is -2.21. The second-order valence-corrected chi connectivity index (χ2v) is 5.14. The Labute approximate surface area is 150 Å². The lowest BCUT2D eigenvalue weighted by atomic mass is 10.1. The summed E-state index contributed by atoms with van der Waals surface area (Å²) in [6.07, 6.45) is 5.03. The van der Waals surface area contributed by atoms with Crippen LogP contribution in [0.5, 0.6) is 0 Å². The zero-order valence-electron chi connectivity index (χ0n) is 12.8. The first-order chi connectivity index (χ1) is 9.67. The van der Waals surface area contributed by atoms with Crippen LogP contribution in [0.2, 0.25) is 5.02 Å². The topological polar surface area (TPSA) is 27.6 Å². The Morgan fingerprint density at radius 2 is 2.05 bits per heavy atom. The zero-order chi connectivity index (χ0) is 14.8. The second kappa shape index (κ2) is 11.9. The predicted octanol–water partition coefficient (Wildman–Crippen LogP) is 3.97. The summed E-state index contributed by atoms with van der Waals surface area (Å²) in [7, 11) is 3.87. The summed E-state index contributed by atoms with van der Waals surface area (Å²) >= 11 is 5.87. The number of nitrogens with zero attached hydrogens (tertiary/aromatic N) is 2. The molecule has 0 saturated heterocycles. The van der Waals surface area contributed by atoms with Gasteiger partial charge in [-0.25, -0.2) is 0 Å². The first-order valence-corrected chi connectivity index (χ1v) is 7.32. The fraction of sp³-hybridized carbons (Fsp3) is 0.438. The van der Waals surface area contributed by atoms with Crippen LogP contribution in [0.4, 0.5) is 0 Å². The van der Waals surface area contributed by atoms with Crippen molar-refractivity contribution in [2.75, 3.05) is 27.2 Å². The molecule has 1 aromatic carbocycles. The van der Waals surface area contributed by atoms with Crippen LogP contribution >= 0.6 is 35.6 Å². The smallest absolute Gasteiger partial charge is 0.193 e. The van der Waals surface area contributed by atoms with E-state index in [1.54, 1.807) is 0 Å². The molecule has 0 bridgehead atoms. The highest BCUT2D eigenvalue weighted by molar-refractivity contribution is 14.0. The number of halogens is 2. The predicted molar refractivity (Wildman–Crippen MR) is 104 cm³/mol. The average Bonchev–Trinajstić information content (AvgIpc) is 2.45. The summed E-state index contributed by atoms with van der Waals surface area (Å²) in [4.78, 5) is 6.44. The van der Waals surface area contributed by atoms with Crippen LogP contribution in [0.1, 0.15) is 18.4 Å². The largest absolute Gasteiger partial charge is 0.356 e. The monoisotopic (exact) mass is 421 g/mol. The molecule has 118 valence electrons. The van der Waals surface area contributed by atoms with Crippen LogP contribution in [-0.4, -0.2) is 38.0 Å². The maximum atomic E-state index is 5.87. The molecule has 0 saturated carbocycles.